The molecule has 0 saturated carbocycles. The Morgan fingerprint density at radius 3 is 2.65 bits per heavy atom. The van der Waals surface area contributed by atoms with Crippen LogP contribution in [0.4, 0.5) is 0 Å². The van der Waals surface area contributed by atoms with Gasteiger partial charge in [0.15, 0.2) is 0 Å². The molecule has 0 spiro atoms. The Balaban J connectivity index is 2.30. The predicted octanol–water partition coefficient (Wildman–Crippen LogP) is 4.22. The number of fused-ring (bicyclic) bond motifs is 1. The average Bonchev–Trinajstić information content (AvgIpc) is 2.78. The molecule has 1 N–H and O–H groups in total. The molecule has 1 aromatic carbocycles. The van der Waals surface area contributed by atoms with Gasteiger partial charge in [-0.3, -0.25) is 4.40 Å². The molecule has 0 saturated heterocycles. The van der Waals surface area contributed by atoms with Crippen LogP contribution in [-0.2, 0) is 6.61 Å². The fourth-order valence-corrected chi connectivity index (χ4v) is 2.98. The van der Waals surface area contributed by atoms with Crippen LogP contribution in [-0.4, -0.2) is 14.5 Å². The largest absolute Gasteiger partial charge is 0.390 e. The van der Waals surface area contributed by atoms with Crippen molar-refractivity contribution in [2.45, 2.75) is 13.5 Å². The SMILES string of the molecule is Cc1cc(Br)cn2c(CO)c(-c3ccc(Cl)cc3)nc12. The second-order valence-electron chi connectivity index (χ2n) is 4.61. The lowest BCUT2D eigenvalue weighted by molar-refractivity contribution is 0.276. The van der Waals surface area contributed by atoms with E-state index in [0.717, 1.165) is 32.6 Å². The van der Waals surface area contributed by atoms with Crippen molar-refractivity contribution in [1.82, 2.24) is 9.38 Å². The molecule has 0 amide bonds. The molecular formula is C15H12BrClN2O. The summed E-state index contributed by atoms with van der Waals surface area (Å²) in [4.78, 5) is 4.66. The van der Waals surface area contributed by atoms with Gasteiger partial charge in [0, 0.05) is 21.3 Å². The van der Waals surface area contributed by atoms with E-state index in [1.54, 1.807) is 0 Å². The zero-order valence-corrected chi connectivity index (χ0v) is 13.1. The summed E-state index contributed by atoms with van der Waals surface area (Å²) < 4.78 is 2.88. The van der Waals surface area contributed by atoms with Crippen LogP contribution >= 0.6 is 27.5 Å². The van der Waals surface area contributed by atoms with Gasteiger partial charge < -0.3 is 5.11 Å². The maximum atomic E-state index is 9.70. The predicted molar refractivity (Wildman–Crippen MR) is 84.0 cm³/mol. The Morgan fingerprint density at radius 2 is 2.00 bits per heavy atom. The van der Waals surface area contributed by atoms with Crippen LogP contribution in [0.3, 0.4) is 0 Å². The molecule has 102 valence electrons. The minimum atomic E-state index is -0.0744. The van der Waals surface area contributed by atoms with Gasteiger partial charge in [-0.2, -0.15) is 0 Å². The van der Waals surface area contributed by atoms with Crippen molar-refractivity contribution in [3.63, 3.8) is 0 Å². The number of benzene rings is 1. The highest BCUT2D eigenvalue weighted by Crippen LogP contribution is 2.28. The van der Waals surface area contributed by atoms with Gasteiger partial charge in [-0.1, -0.05) is 23.7 Å². The Labute approximate surface area is 130 Å². The van der Waals surface area contributed by atoms with Gasteiger partial charge in [-0.15, -0.1) is 0 Å². The van der Waals surface area contributed by atoms with E-state index in [1.165, 1.54) is 0 Å². The van der Waals surface area contributed by atoms with Crippen LogP contribution in [0.25, 0.3) is 16.9 Å². The van der Waals surface area contributed by atoms with Gasteiger partial charge in [-0.05, 0) is 46.6 Å². The highest BCUT2D eigenvalue weighted by molar-refractivity contribution is 9.10. The van der Waals surface area contributed by atoms with Gasteiger partial charge in [0.05, 0.1) is 18.0 Å². The van der Waals surface area contributed by atoms with Crippen LogP contribution < -0.4 is 0 Å². The minimum Gasteiger partial charge on any atom is -0.390 e. The van der Waals surface area contributed by atoms with E-state index in [9.17, 15) is 5.11 Å². The fraction of sp³-hybridized carbons (Fsp3) is 0.133. The molecule has 2 heterocycles. The maximum absolute atomic E-state index is 9.70. The molecule has 0 aliphatic carbocycles. The zero-order valence-electron chi connectivity index (χ0n) is 10.8. The summed E-state index contributed by atoms with van der Waals surface area (Å²) in [6.45, 7) is 1.93. The van der Waals surface area contributed by atoms with Gasteiger partial charge in [0.2, 0.25) is 0 Å². The molecule has 3 aromatic rings. The molecule has 0 aliphatic rings. The number of halogens is 2. The average molecular weight is 352 g/mol. The number of aromatic nitrogens is 2. The van der Waals surface area contributed by atoms with Crippen molar-refractivity contribution >= 4 is 33.2 Å². The van der Waals surface area contributed by atoms with E-state index in [-0.39, 0.29) is 6.61 Å². The molecule has 0 unspecified atom stereocenters. The number of rotatable bonds is 2. The summed E-state index contributed by atoms with van der Waals surface area (Å²) in [6.07, 6.45) is 1.92. The third-order valence-corrected chi connectivity index (χ3v) is 3.92. The highest BCUT2D eigenvalue weighted by Gasteiger charge is 2.15. The van der Waals surface area contributed by atoms with E-state index in [2.05, 4.69) is 20.9 Å². The topological polar surface area (TPSA) is 37.5 Å². The van der Waals surface area contributed by atoms with Crippen LogP contribution in [0.2, 0.25) is 5.02 Å². The van der Waals surface area contributed by atoms with Crippen LogP contribution in [0, 0.1) is 6.92 Å². The number of nitrogens with zero attached hydrogens (tertiary/aromatic N) is 2. The van der Waals surface area contributed by atoms with E-state index in [0.29, 0.717) is 5.02 Å². The molecule has 2 aromatic heterocycles. The molecule has 0 bridgehead atoms. The number of pyridine rings is 1. The first-order valence-electron chi connectivity index (χ1n) is 6.14. The first-order valence-corrected chi connectivity index (χ1v) is 7.31. The Bertz CT molecular complexity index is 781. The normalized spacial score (nSPS) is 11.2. The van der Waals surface area contributed by atoms with Crippen molar-refractivity contribution in [2.24, 2.45) is 0 Å². The number of aryl methyl sites for hydroxylation is 1. The van der Waals surface area contributed by atoms with Crippen molar-refractivity contribution in [3.8, 4) is 11.3 Å². The minimum absolute atomic E-state index is 0.0744. The van der Waals surface area contributed by atoms with E-state index < -0.39 is 0 Å². The first kappa shape index (κ1) is 13.6. The van der Waals surface area contributed by atoms with E-state index >= 15 is 0 Å². The van der Waals surface area contributed by atoms with Crippen molar-refractivity contribution < 1.29 is 5.11 Å². The van der Waals surface area contributed by atoms with Gasteiger partial charge in [0.1, 0.15) is 5.65 Å². The van der Waals surface area contributed by atoms with Gasteiger partial charge in [-0.25, -0.2) is 4.98 Å². The van der Waals surface area contributed by atoms with E-state index in [4.69, 9.17) is 11.6 Å². The molecule has 0 atom stereocenters. The molecule has 20 heavy (non-hydrogen) atoms. The maximum Gasteiger partial charge on any atom is 0.140 e. The second kappa shape index (κ2) is 5.20. The third kappa shape index (κ3) is 2.24. The molecule has 0 fully saturated rings. The first-order chi connectivity index (χ1) is 9.60. The number of aliphatic hydroxyl groups is 1. The summed E-state index contributed by atoms with van der Waals surface area (Å²) in [5.74, 6) is 0. The Kier molecular flexibility index (Phi) is 3.54. The lowest BCUT2D eigenvalue weighted by Gasteiger charge is -2.03. The quantitative estimate of drug-likeness (QED) is 0.750. The monoisotopic (exact) mass is 350 g/mol. The third-order valence-electron chi connectivity index (χ3n) is 3.24. The summed E-state index contributed by atoms with van der Waals surface area (Å²) >= 11 is 9.39. The molecule has 0 radical (unpaired) electrons. The number of hydrogen-bond donors (Lipinski definition) is 1. The Morgan fingerprint density at radius 1 is 1.30 bits per heavy atom. The van der Waals surface area contributed by atoms with Crippen molar-refractivity contribution in [1.29, 1.82) is 0 Å². The molecule has 3 rings (SSSR count). The number of aliphatic hydroxyl groups excluding tert-OH is 1. The van der Waals surface area contributed by atoms with Gasteiger partial charge in [0.25, 0.3) is 0 Å². The summed E-state index contributed by atoms with van der Waals surface area (Å²) in [5, 5.41) is 10.4. The van der Waals surface area contributed by atoms with Crippen LogP contribution in [0.1, 0.15) is 11.3 Å². The molecular weight excluding hydrogens is 340 g/mol. The van der Waals surface area contributed by atoms with Crippen LogP contribution in [0.15, 0.2) is 41.0 Å². The van der Waals surface area contributed by atoms with E-state index in [1.807, 2.05) is 47.9 Å². The number of hydrogen-bond acceptors (Lipinski definition) is 2. The van der Waals surface area contributed by atoms with Crippen LogP contribution in [0.5, 0.6) is 0 Å². The molecule has 3 nitrogen and oxygen atoms in total. The molecule has 0 aliphatic heterocycles. The van der Waals surface area contributed by atoms with Crippen molar-refractivity contribution in [2.75, 3.05) is 0 Å². The summed E-state index contributed by atoms with van der Waals surface area (Å²) in [7, 11) is 0. The number of imidazole rings is 1. The highest BCUT2D eigenvalue weighted by atomic mass is 79.9. The lowest BCUT2D eigenvalue weighted by Crippen LogP contribution is -1.95. The summed E-state index contributed by atoms with van der Waals surface area (Å²) in [6, 6.07) is 9.48. The zero-order chi connectivity index (χ0) is 14.3. The Hall–Kier alpha value is -1.36. The standard InChI is InChI=1S/C15H12BrClN2O/c1-9-6-11(16)7-19-13(8-20)14(18-15(9)19)10-2-4-12(17)5-3-10/h2-7,20H,8H2,1H3. The van der Waals surface area contributed by atoms with Crippen molar-refractivity contribution in [3.05, 3.63) is 57.3 Å². The fourth-order valence-electron chi connectivity index (χ4n) is 2.31. The second-order valence-corrected chi connectivity index (χ2v) is 5.96. The van der Waals surface area contributed by atoms with Gasteiger partial charge >= 0.3 is 0 Å². The lowest BCUT2D eigenvalue weighted by atomic mass is 10.1. The summed E-state index contributed by atoms with van der Waals surface area (Å²) in [5.41, 5.74) is 4.39. The molecule has 5 heteroatoms. The smallest absolute Gasteiger partial charge is 0.140 e.